The molecule has 156 valence electrons. The first-order valence-electron chi connectivity index (χ1n) is 9.51. The van der Waals surface area contributed by atoms with Crippen molar-refractivity contribution in [2.75, 3.05) is 24.9 Å². The molecule has 2 N–H and O–H groups in total. The second kappa shape index (κ2) is 9.45. The largest absolute Gasteiger partial charge is 0.493 e. The summed E-state index contributed by atoms with van der Waals surface area (Å²) in [5.41, 5.74) is 1.58. The molecule has 31 heavy (non-hydrogen) atoms. The summed E-state index contributed by atoms with van der Waals surface area (Å²) < 4.78 is 16.4. The molecule has 0 saturated heterocycles. The molecule has 0 unspecified atom stereocenters. The van der Waals surface area contributed by atoms with E-state index in [1.165, 1.54) is 6.33 Å². The molecule has 0 bridgehead atoms. The van der Waals surface area contributed by atoms with Crippen LogP contribution in [0.2, 0.25) is 0 Å². The lowest BCUT2D eigenvalue weighted by Gasteiger charge is -2.11. The maximum atomic E-state index is 5.81. The van der Waals surface area contributed by atoms with Gasteiger partial charge >= 0.3 is 0 Å². The quantitative estimate of drug-likeness (QED) is 0.407. The minimum absolute atomic E-state index is 0.397. The summed E-state index contributed by atoms with van der Waals surface area (Å²) in [5, 5.41) is 6.29. The van der Waals surface area contributed by atoms with Gasteiger partial charge in [0.25, 0.3) is 0 Å². The van der Waals surface area contributed by atoms with Gasteiger partial charge in [0.15, 0.2) is 11.5 Å². The number of aromatic nitrogens is 3. The predicted octanol–water partition coefficient (Wildman–Crippen LogP) is 5.17. The van der Waals surface area contributed by atoms with Gasteiger partial charge in [0.05, 0.1) is 14.2 Å². The highest BCUT2D eigenvalue weighted by molar-refractivity contribution is 5.61. The van der Waals surface area contributed by atoms with Gasteiger partial charge in [0.2, 0.25) is 11.9 Å². The van der Waals surface area contributed by atoms with Gasteiger partial charge in [-0.25, -0.2) is 9.97 Å². The van der Waals surface area contributed by atoms with Gasteiger partial charge in [0.1, 0.15) is 17.8 Å². The fourth-order valence-electron chi connectivity index (χ4n) is 2.82. The Morgan fingerprint density at radius 2 is 1.26 bits per heavy atom. The lowest BCUT2D eigenvalue weighted by atomic mass is 10.3. The van der Waals surface area contributed by atoms with Gasteiger partial charge < -0.3 is 24.8 Å². The van der Waals surface area contributed by atoms with Crippen molar-refractivity contribution in [3.05, 3.63) is 79.1 Å². The van der Waals surface area contributed by atoms with Crippen molar-refractivity contribution in [3.63, 3.8) is 0 Å². The van der Waals surface area contributed by atoms with Crippen molar-refractivity contribution < 1.29 is 14.2 Å². The third-order valence-electron chi connectivity index (χ3n) is 4.30. The zero-order chi connectivity index (χ0) is 21.5. The van der Waals surface area contributed by atoms with Crippen molar-refractivity contribution in [1.82, 2.24) is 15.0 Å². The van der Waals surface area contributed by atoms with E-state index in [-0.39, 0.29) is 0 Å². The van der Waals surface area contributed by atoms with Crippen molar-refractivity contribution in [2.45, 2.75) is 0 Å². The maximum absolute atomic E-state index is 5.81. The fraction of sp³-hybridized carbons (Fsp3) is 0.0870. The van der Waals surface area contributed by atoms with Crippen LogP contribution < -0.4 is 24.8 Å². The van der Waals surface area contributed by atoms with E-state index in [0.717, 1.165) is 22.9 Å². The smallest absolute Gasteiger partial charge is 0.232 e. The van der Waals surface area contributed by atoms with E-state index in [1.807, 2.05) is 60.7 Å². The van der Waals surface area contributed by atoms with Gasteiger partial charge in [-0.15, -0.1) is 0 Å². The van der Waals surface area contributed by atoms with Crippen LogP contribution in [0.3, 0.4) is 0 Å². The predicted molar refractivity (Wildman–Crippen MR) is 119 cm³/mol. The van der Waals surface area contributed by atoms with Gasteiger partial charge in [-0.1, -0.05) is 18.2 Å². The Hall–Kier alpha value is -4.33. The number of benzene rings is 3. The normalized spacial score (nSPS) is 10.3. The minimum Gasteiger partial charge on any atom is -0.493 e. The van der Waals surface area contributed by atoms with Gasteiger partial charge in [-0.05, 0) is 48.5 Å². The van der Waals surface area contributed by atoms with Gasteiger partial charge in [0, 0.05) is 17.4 Å². The molecule has 4 rings (SSSR count). The zero-order valence-corrected chi connectivity index (χ0v) is 17.1. The van der Waals surface area contributed by atoms with E-state index in [4.69, 9.17) is 14.2 Å². The van der Waals surface area contributed by atoms with Crippen molar-refractivity contribution in [3.8, 4) is 23.0 Å². The number of nitrogens with zero attached hydrogens (tertiary/aromatic N) is 3. The average molecular weight is 415 g/mol. The Kier molecular flexibility index (Phi) is 6.08. The molecule has 1 aromatic heterocycles. The SMILES string of the molecule is COc1ccc(Nc2ncnc(Nc3ccc(Oc4ccccc4)cc3)n2)cc1OC. The number of ether oxygens (including phenoxy) is 3. The Bertz CT molecular complexity index is 1140. The Morgan fingerprint density at radius 1 is 0.645 bits per heavy atom. The maximum Gasteiger partial charge on any atom is 0.232 e. The average Bonchev–Trinajstić information content (AvgIpc) is 2.81. The lowest BCUT2D eigenvalue weighted by molar-refractivity contribution is 0.355. The second-order valence-corrected chi connectivity index (χ2v) is 6.39. The number of nitrogens with one attached hydrogen (secondary N) is 2. The van der Waals surface area contributed by atoms with E-state index >= 15 is 0 Å². The molecular formula is C23H21N5O3. The third-order valence-corrected chi connectivity index (χ3v) is 4.30. The van der Waals surface area contributed by atoms with Crippen LogP contribution in [0.4, 0.5) is 23.3 Å². The molecule has 0 amide bonds. The molecule has 0 aliphatic heterocycles. The van der Waals surface area contributed by atoms with E-state index in [2.05, 4.69) is 25.6 Å². The van der Waals surface area contributed by atoms with Crippen LogP contribution in [0.25, 0.3) is 0 Å². The van der Waals surface area contributed by atoms with Crippen LogP contribution in [-0.4, -0.2) is 29.2 Å². The number of methoxy groups -OCH3 is 2. The van der Waals surface area contributed by atoms with E-state index in [0.29, 0.717) is 23.4 Å². The van der Waals surface area contributed by atoms with E-state index in [9.17, 15) is 0 Å². The summed E-state index contributed by atoms with van der Waals surface area (Å²) in [4.78, 5) is 12.8. The molecule has 1 heterocycles. The molecule has 4 aromatic rings. The number of hydrogen-bond donors (Lipinski definition) is 2. The van der Waals surface area contributed by atoms with Gasteiger partial charge in [-0.3, -0.25) is 0 Å². The molecule has 8 heteroatoms. The van der Waals surface area contributed by atoms with E-state index in [1.54, 1.807) is 26.4 Å². The summed E-state index contributed by atoms with van der Waals surface area (Å²) in [6, 6.07) is 22.6. The van der Waals surface area contributed by atoms with Crippen LogP contribution in [0.15, 0.2) is 79.1 Å². The number of para-hydroxylation sites is 1. The zero-order valence-electron chi connectivity index (χ0n) is 17.1. The summed E-state index contributed by atoms with van der Waals surface area (Å²) in [5.74, 6) is 3.58. The highest BCUT2D eigenvalue weighted by Crippen LogP contribution is 2.30. The highest BCUT2D eigenvalue weighted by atomic mass is 16.5. The molecule has 0 aliphatic rings. The van der Waals surface area contributed by atoms with Crippen LogP contribution in [0.5, 0.6) is 23.0 Å². The third kappa shape index (κ3) is 5.18. The monoisotopic (exact) mass is 415 g/mol. The number of rotatable bonds is 8. The van der Waals surface area contributed by atoms with Gasteiger partial charge in [-0.2, -0.15) is 4.98 Å². The van der Waals surface area contributed by atoms with Crippen LogP contribution in [0, 0.1) is 0 Å². The number of anilines is 4. The van der Waals surface area contributed by atoms with Crippen molar-refractivity contribution in [2.24, 2.45) is 0 Å². The Labute approximate surface area is 179 Å². The summed E-state index contributed by atoms with van der Waals surface area (Å²) >= 11 is 0. The summed E-state index contributed by atoms with van der Waals surface area (Å²) in [7, 11) is 3.18. The fourth-order valence-corrected chi connectivity index (χ4v) is 2.82. The Balaban J connectivity index is 1.43. The molecule has 0 spiro atoms. The molecule has 0 aliphatic carbocycles. The summed E-state index contributed by atoms with van der Waals surface area (Å²) in [6.45, 7) is 0. The first-order valence-corrected chi connectivity index (χ1v) is 9.51. The molecule has 0 radical (unpaired) electrons. The minimum atomic E-state index is 0.397. The van der Waals surface area contributed by atoms with Crippen LogP contribution in [-0.2, 0) is 0 Å². The molecule has 8 nitrogen and oxygen atoms in total. The first kappa shape index (κ1) is 20.0. The Morgan fingerprint density at radius 3 is 1.94 bits per heavy atom. The van der Waals surface area contributed by atoms with E-state index < -0.39 is 0 Å². The lowest BCUT2D eigenvalue weighted by Crippen LogP contribution is -2.03. The van der Waals surface area contributed by atoms with Crippen LogP contribution >= 0.6 is 0 Å². The molecular weight excluding hydrogens is 394 g/mol. The molecule has 0 saturated carbocycles. The topological polar surface area (TPSA) is 90.4 Å². The van der Waals surface area contributed by atoms with Crippen molar-refractivity contribution in [1.29, 1.82) is 0 Å². The van der Waals surface area contributed by atoms with Crippen LogP contribution in [0.1, 0.15) is 0 Å². The summed E-state index contributed by atoms with van der Waals surface area (Å²) in [6.07, 6.45) is 1.44. The standard InChI is InChI=1S/C23H21N5O3/c1-29-20-13-10-17(14-21(20)30-2)27-23-25-15-24-22(28-23)26-16-8-11-19(12-9-16)31-18-6-4-3-5-7-18/h3-15H,1-2H3,(H2,24,25,26,27,28). The molecule has 0 fully saturated rings. The second-order valence-electron chi connectivity index (χ2n) is 6.39. The van der Waals surface area contributed by atoms with Crippen molar-refractivity contribution >= 4 is 23.3 Å². The number of hydrogen-bond acceptors (Lipinski definition) is 8. The highest BCUT2D eigenvalue weighted by Gasteiger charge is 2.07. The first-order chi connectivity index (χ1) is 15.2. The molecule has 3 aromatic carbocycles. The molecule has 0 atom stereocenters.